The van der Waals surface area contributed by atoms with Crippen LogP contribution in [0.5, 0.6) is 0 Å². The molecule has 0 radical (unpaired) electrons. The molecule has 0 aliphatic rings. The van der Waals surface area contributed by atoms with Crippen LogP contribution in [0.4, 0.5) is 0 Å². The zero-order valence-corrected chi connectivity index (χ0v) is 9.20. The van der Waals surface area contributed by atoms with E-state index in [1.165, 1.54) is 19.6 Å². The van der Waals surface area contributed by atoms with Crippen LogP contribution in [0.1, 0.15) is 20.8 Å². The van der Waals surface area contributed by atoms with Crippen LogP contribution in [0.25, 0.3) is 0 Å². The van der Waals surface area contributed by atoms with Crippen molar-refractivity contribution < 1.29 is 0 Å². The number of imidazole rings is 1. The van der Waals surface area contributed by atoms with Crippen molar-refractivity contribution in [2.45, 2.75) is 20.8 Å². The molecular weight excluding hydrogens is 162 g/mol. The van der Waals surface area contributed by atoms with Crippen LogP contribution in [-0.2, 0) is 7.05 Å². The Hall–Kier alpha value is -0.830. The van der Waals surface area contributed by atoms with Gasteiger partial charge in [0.15, 0.2) is 0 Å². The lowest BCUT2D eigenvalue weighted by Gasteiger charge is -2.13. The molecule has 0 N–H and O–H groups in total. The Morgan fingerprint density at radius 1 is 1.15 bits per heavy atom. The number of aryl methyl sites for hydroxylation is 1. The van der Waals surface area contributed by atoms with Gasteiger partial charge >= 0.3 is 0 Å². The Morgan fingerprint density at radius 3 is 1.77 bits per heavy atom. The molecule has 1 aromatic rings. The van der Waals surface area contributed by atoms with E-state index in [1.807, 2.05) is 17.8 Å². The summed E-state index contributed by atoms with van der Waals surface area (Å²) in [7, 11) is 1.94. The van der Waals surface area contributed by atoms with E-state index in [1.54, 1.807) is 12.5 Å². The zero-order chi connectivity index (χ0) is 10.1. The molecule has 1 rings (SSSR count). The van der Waals surface area contributed by atoms with Gasteiger partial charge in [-0.2, -0.15) is 0 Å². The van der Waals surface area contributed by atoms with Gasteiger partial charge in [0, 0.05) is 19.4 Å². The van der Waals surface area contributed by atoms with Crippen LogP contribution >= 0.6 is 0 Å². The van der Waals surface area contributed by atoms with Gasteiger partial charge in [0.2, 0.25) is 0 Å². The van der Waals surface area contributed by atoms with Gasteiger partial charge in [-0.05, 0) is 19.6 Å². The SMILES string of the molecule is CCN(CC)CC.Cn1ccnc1. The third-order valence-corrected chi connectivity index (χ3v) is 1.98. The van der Waals surface area contributed by atoms with Gasteiger partial charge in [0.1, 0.15) is 0 Å². The number of rotatable bonds is 3. The summed E-state index contributed by atoms with van der Waals surface area (Å²) in [6.45, 7) is 10.1. The molecule has 0 aliphatic heterocycles. The van der Waals surface area contributed by atoms with Crippen LogP contribution in [-0.4, -0.2) is 34.1 Å². The highest BCUT2D eigenvalue weighted by atomic mass is 15.1. The fourth-order valence-corrected chi connectivity index (χ4v) is 0.997. The average molecular weight is 183 g/mol. The predicted molar refractivity (Wildman–Crippen MR) is 56.7 cm³/mol. The lowest BCUT2D eigenvalue weighted by Crippen LogP contribution is -2.21. The van der Waals surface area contributed by atoms with Gasteiger partial charge in [-0.25, -0.2) is 4.98 Å². The number of aromatic nitrogens is 2. The Kier molecular flexibility index (Phi) is 7.30. The molecule has 3 nitrogen and oxygen atoms in total. The third-order valence-electron chi connectivity index (χ3n) is 1.98. The van der Waals surface area contributed by atoms with Gasteiger partial charge in [-0.3, -0.25) is 0 Å². The van der Waals surface area contributed by atoms with Crippen molar-refractivity contribution in [2.24, 2.45) is 7.05 Å². The Morgan fingerprint density at radius 2 is 1.69 bits per heavy atom. The Labute approximate surface area is 81.4 Å². The summed E-state index contributed by atoms with van der Waals surface area (Å²) < 4.78 is 1.89. The molecule has 0 saturated carbocycles. The van der Waals surface area contributed by atoms with E-state index < -0.39 is 0 Å². The normalized spacial score (nSPS) is 9.62. The topological polar surface area (TPSA) is 21.1 Å². The lowest BCUT2D eigenvalue weighted by atomic mass is 10.5. The van der Waals surface area contributed by atoms with Gasteiger partial charge < -0.3 is 9.47 Å². The highest BCUT2D eigenvalue weighted by molar-refractivity contribution is 4.70. The number of hydrogen-bond acceptors (Lipinski definition) is 2. The summed E-state index contributed by atoms with van der Waals surface area (Å²) in [5, 5.41) is 0. The summed E-state index contributed by atoms with van der Waals surface area (Å²) in [5.41, 5.74) is 0. The largest absolute Gasteiger partial charge is 0.341 e. The first-order valence-corrected chi connectivity index (χ1v) is 4.88. The van der Waals surface area contributed by atoms with Gasteiger partial charge in [0.05, 0.1) is 6.33 Å². The van der Waals surface area contributed by atoms with Crippen molar-refractivity contribution in [3.8, 4) is 0 Å². The quantitative estimate of drug-likeness (QED) is 0.712. The molecule has 0 amide bonds. The predicted octanol–water partition coefficient (Wildman–Crippen LogP) is 1.77. The second-order valence-electron chi connectivity index (χ2n) is 2.85. The minimum absolute atomic E-state index is 1.19. The van der Waals surface area contributed by atoms with Crippen LogP contribution < -0.4 is 0 Å². The van der Waals surface area contributed by atoms with E-state index in [9.17, 15) is 0 Å². The standard InChI is InChI=1S/C6H15N.C4H6N2/c1-4-7(5-2)6-3;1-6-3-2-5-4-6/h4-6H2,1-3H3;2-4H,1H3. The van der Waals surface area contributed by atoms with Gasteiger partial charge in [-0.15, -0.1) is 0 Å². The molecule has 13 heavy (non-hydrogen) atoms. The summed E-state index contributed by atoms with van der Waals surface area (Å²) >= 11 is 0. The van der Waals surface area contributed by atoms with E-state index in [4.69, 9.17) is 0 Å². The number of hydrogen-bond donors (Lipinski definition) is 0. The van der Waals surface area contributed by atoms with Crippen LogP contribution in [0, 0.1) is 0 Å². The second-order valence-corrected chi connectivity index (χ2v) is 2.85. The molecule has 0 bridgehead atoms. The average Bonchev–Trinajstić information content (AvgIpc) is 2.60. The van der Waals surface area contributed by atoms with Crippen LogP contribution in [0.2, 0.25) is 0 Å². The molecule has 1 heterocycles. The third kappa shape index (κ3) is 6.34. The van der Waals surface area contributed by atoms with Crippen molar-refractivity contribution in [2.75, 3.05) is 19.6 Å². The maximum Gasteiger partial charge on any atom is 0.0943 e. The Balaban J connectivity index is 0.000000223. The van der Waals surface area contributed by atoms with E-state index in [2.05, 4.69) is 30.7 Å². The molecule has 0 saturated heterocycles. The van der Waals surface area contributed by atoms with Crippen molar-refractivity contribution in [3.05, 3.63) is 18.7 Å². The summed E-state index contributed by atoms with van der Waals surface area (Å²) in [6.07, 6.45) is 5.39. The fraction of sp³-hybridized carbons (Fsp3) is 0.700. The highest BCUT2D eigenvalue weighted by Gasteiger charge is 1.89. The smallest absolute Gasteiger partial charge is 0.0943 e. The van der Waals surface area contributed by atoms with E-state index in [0.29, 0.717) is 0 Å². The molecule has 0 spiro atoms. The lowest BCUT2D eigenvalue weighted by molar-refractivity contribution is 0.321. The fourth-order valence-electron chi connectivity index (χ4n) is 0.997. The van der Waals surface area contributed by atoms with E-state index in [-0.39, 0.29) is 0 Å². The van der Waals surface area contributed by atoms with Crippen molar-refractivity contribution >= 4 is 0 Å². The molecule has 0 aromatic carbocycles. The first kappa shape index (κ1) is 12.2. The van der Waals surface area contributed by atoms with Crippen molar-refractivity contribution in [3.63, 3.8) is 0 Å². The number of nitrogens with zero attached hydrogens (tertiary/aromatic N) is 3. The zero-order valence-electron chi connectivity index (χ0n) is 9.20. The Bertz CT molecular complexity index is 173. The molecule has 0 fully saturated rings. The molecule has 1 aromatic heterocycles. The van der Waals surface area contributed by atoms with Crippen LogP contribution in [0.15, 0.2) is 18.7 Å². The summed E-state index contributed by atoms with van der Waals surface area (Å²) in [5.74, 6) is 0. The molecule has 0 unspecified atom stereocenters. The minimum Gasteiger partial charge on any atom is -0.341 e. The van der Waals surface area contributed by atoms with Gasteiger partial charge in [-0.1, -0.05) is 20.8 Å². The van der Waals surface area contributed by atoms with Crippen molar-refractivity contribution in [1.82, 2.24) is 14.5 Å². The first-order chi connectivity index (χ1) is 6.24. The van der Waals surface area contributed by atoms with Gasteiger partial charge in [0.25, 0.3) is 0 Å². The van der Waals surface area contributed by atoms with Crippen LogP contribution in [0.3, 0.4) is 0 Å². The highest BCUT2D eigenvalue weighted by Crippen LogP contribution is 1.81. The molecule has 3 heteroatoms. The molecule has 0 aliphatic carbocycles. The molecule has 0 atom stereocenters. The summed E-state index contributed by atoms with van der Waals surface area (Å²) in [4.78, 5) is 6.16. The van der Waals surface area contributed by atoms with Crippen molar-refractivity contribution in [1.29, 1.82) is 0 Å². The monoisotopic (exact) mass is 183 g/mol. The minimum atomic E-state index is 1.19. The maximum atomic E-state index is 3.78. The second kappa shape index (κ2) is 7.80. The summed E-state index contributed by atoms with van der Waals surface area (Å²) in [6, 6.07) is 0. The molecule has 76 valence electrons. The van der Waals surface area contributed by atoms with E-state index in [0.717, 1.165) is 0 Å². The first-order valence-electron chi connectivity index (χ1n) is 4.88. The maximum absolute atomic E-state index is 3.78. The van der Waals surface area contributed by atoms with E-state index >= 15 is 0 Å². The molecular formula is C10H21N3.